The molecule has 1 aromatic carbocycles. The maximum atomic E-state index is 10.5. The van der Waals surface area contributed by atoms with Crippen molar-refractivity contribution < 1.29 is 15.0 Å². The molecule has 0 bridgehead atoms. The van der Waals surface area contributed by atoms with Crippen molar-refractivity contribution in [3.63, 3.8) is 0 Å². The SMILES string of the molecule is CN(Cc1cccc(C=CC(=O)O)c1)CC(C)(C)O. The highest BCUT2D eigenvalue weighted by Gasteiger charge is 2.15. The zero-order valence-corrected chi connectivity index (χ0v) is 11.6. The Morgan fingerprint density at radius 2 is 2.11 bits per heavy atom. The molecule has 0 spiro atoms. The van der Waals surface area contributed by atoms with Crippen molar-refractivity contribution in [1.82, 2.24) is 4.90 Å². The summed E-state index contributed by atoms with van der Waals surface area (Å²) in [6, 6.07) is 7.69. The maximum absolute atomic E-state index is 10.5. The van der Waals surface area contributed by atoms with Crippen LogP contribution >= 0.6 is 0 Å². The topological polar surface area (TPSA) is 60.8 Å². The van der Waals surface area contributed by atoms with Gasteiger partial charge in [0.2, 0.25) is 0 Å². The van der Waals surface area contributed by atoms with Gasteiger partial charge in [-0.15, -0.1) is 0 Å². The van der Waals surface area contributed by atoms with Gasteiger partial charge in [-0.05, 0) is 38.1 Å². The minimum absolute atomic E-state index is 0.572. The van der Waals surface area contributed by atoms with Crippen molar-refractivity contribution in [3.8, 4) is 0 Å². The van der Waals surface area contributed by atoms with Crippen LogP contribution in [0.5, 0.6) is 0 Å². The lowest BCUT2D eigenvalue weighted by molar-refractivity contribution is -0.131. The summed E-state index contributed by atoms with van der Waals surface area (Å²) in [5.74, 6) is -0.954. The molecule has 1 rings (SSSR count). The molecule has 0 amide bonds. The summed E-state index contributed by atoms with van der Waals surface area (Å²) >= 11 is 0. The molecule has 104 valence electrons. The fourth-order valence-corrected chi connectivity index (χ4v) is 1.99. The van der Waals surface area contributed by atoms with Gasteiger partial charge in [0.05, 0.1) is 5.60 Å². The van der Waals surface area contributed by atoms with E-state index < -0.39 is 11.6 Å². The van der Waals surface area contributed by atoms with E-state index in [4.69, 9.17) is 5.11 Å². The van der Waals surface area contributed by atoms with Crippen LogP contribution in [-0.2, 0) is 11.3 Å². The van der Waals surface area contributed by atoms with Crippen LogP contribution in [0.1, 0.15) is 25.0 Å². The van der Waals surface area contributed by atoms with E-state index in [1.165, 1.54) is 0 Å². The Labute approximate surface area is 114 Å². The predicted octanol–water partition coefficient (Wildman–Crippen LogP) is 1.99. The highest BCUT2D eigenvalue weighted by molar-refractivity contribution is 5.85. The number of carbonyl (C=O) groups is 1. The molecular weight excluding hydrogens is 242 g/mol. The second kappa shape index (κ2) is 6.50. The van der Waals surface area contributed by atoms with Gasteiger partial charge in [-0.1, -0.05) is 24.3 Å². The van der Waals surface area contributed by atoms with E-state index in [9.17, 15) is 9.90 Å². The molecule has 0 aliphatic rings. The second-order valence-electron chi connectivity index (χ2n) is 5.40. The zero-order valence-electron chi connectivity index (χ0n) is 11.6. The summed E-state index contributed by atoms with van der Waals surface area (Å²) < 4.78 is 0. The number of aliphatic carboxylic acids is 1. The van der Waals surface area contributed by atoms with Gasteiger partial charge in [-0.2, -0.15) is 0 Å². The molecule has 2 N–H and O–H groups in total. The zero-order chi connectivity index (χ0) is 14.5. The number of nitrogens with zero attached hydrogens (tertiary/aromatic N) is 1. The van der Waals surface area contributed by atoms with Crippen molar-refractivity contribution in [3.05, 3.63) is 41.5 Å². The molecule has 1 aromatic rings. The normalized spacial score (nSPS) is 12.3. The first-order valence-electron chi connectivity index (χ1n) is 6.17. The molecule has 0 unspecified atom stereocenters. The lowest BCUT2D eigenvalue weighted by Gasteiger charge is -2.25. The molecule has 0 fully saturated rings. The lowest BCUT2D eigenvalue weighted by atomic mass is 10.1. The van der Waals surface area contributed by atoms with Crippen LogP contribution in [0.15, 0.2) is 30.3 Å². The molecule has 19 heavy (non-hydrogen) atoms. The second-order valence-corrected chi connectivity index (χ2v) is 5.40. The van der Waals surface area contributed by atoms with E-state index >= 15 is 0 Å². The third kappa shape index (κ3) is 6.74. The molecule has 0 aliphatic carbocycles. The Hall–Kier alpha value is -1.65. The summed E-state index contributed by atoms with van der Waals surface area (Å²) in [7, 11) is 1.94. The van der Waals surface area contributed by atoms with Crippen molar-refractivity contribution in [2.75, 3.05) is 13.6 Å². The van der Waals surface area contributed by atoms with Crippen molar-refractivity contribution in [1.29, 1.82) is 0 Å². The van der Waals surface area contributed by atoms with Gasteiger partial charge in [-0.3, -0.25) is 4.90 Å². The first-order chi connectivity index (χ1) is 8.76. The average molecular weight is 263 g/mol. The smallest absolute Gasteiger partial charge is 0.328 e. The van der Waals surface area contributed by atoms with Crippen LogP contribution < -0.4 is 0 Å². The van der Waals surface area contributed by atoms with E-state index in [1.807, 2.05) is 36.2 Å². The number of rotatable bonds is 6. The number of likely N-dealkylation sites (N-methyl/N-ethyl adjacent to an activating group) is 1. The molecule has 0 radical (unpaired) electrons. The van der Waals surface area contributed by atoms with Crippen molar-refractivity contribution in [2.45, 2.75) is 26.0 Å². The molecule has 0 heterocycles. The largest absolute Gasteiger partial charge is 0.478 e. The molecule has 4 heteroatoms. The minimum Gasteiger partial charge on any atom is -0.478 e. The van der Waals surface area contributed by atoms with E-state index in [2.05, 4.69) is 0 Å². The van der Waals surface area contributed by atoms with Crippen LogP contribution in [0.4, 0.5) is 0 Å². The van der Waals surface area contributed by atoms with E-state index in [0.717, 1.165) is 17.2 Å². The minimum atomic E-state index is -0.954. The van der Waals surface area contributed by atoms with Gasteiger partial charge in [0.1, 0.15) is 0 Å². The standard InChI is InChI=1S/C15H21NO3/c1-15(2,19)11-16(3)10-13-6-4-5-12(9-13)7-8-14(17)18/h4-9,19H,10-11H2,1-3H3,(H,17,18). The monoisotopic (exact) mass is 263 g/mol. The van der Waals surface area contributed by atoms with Gasteiger partial charge in [0, 0.05) is 19.2 Å². The van der Waals surface area contributed by atoms with Gasteiger partial charge in [0.15, 0.2) is 0 Å². The van der Waals surface area contributed by atoms with E-state index in [-0.39, 0.29) is 0 Å². The Kier molecular flexibility index (Phi) is 5.27. The quantitative estimate of drug-likeness (QED) is 0.771. The van der Waals surface area contributed by atoms with Crippen LogP contribution in [0.2, 0.25) is 0 Å². The molecule has 0 atom stereocenters. The Balaban J connectivity index is 2.69. The predicted molar refractivity (Wildman–Crippen MR) is 75.7 cm³/mol. The van der Waals surface area contributed by atoms with Crippen LogP contribution in [0.3, 0.4) is 0 Å². The van der Waals surface area contributed by atoms with Gasteiger partial charge in [-0.25, -0.2) is 4.79 Å². The Morgan fingerprint density at radius 1 is 1.42 bits per heavy atom. The van der Waals surface area contributed by atoms with E-state index in [0.29, 0.717) is 13.1 Å². The number of hydrogen-bond donors (Lipinski definition) is 2. The fraction of sp³-hybridized carbons (Fsp3) is 0.400. The van der Waals surface area contributed by atoms with Gasteiger partial charge >= 0.3 is 5.97 Å². The summed E-state index contributed by atoms with van der Waals surface area (Å²) in [5.41, 5.74) is 1.21. The van der Waals surface area contributed by atoms with E-state index in [1.54, 1.807) is 19.9 Å². The number of aliphatic hydroxyl groups is 1. The molecule has 0 aromatic heterocycles. The van der Waals surface area contributed by atoms with Crippen LogP contribution in [-0.4, -0.2) is 40.3 Å². The number of hydrogen-bond acceptors (Lipinski definition) is 3. The van der Waals surface area contributed by atoms with Gasteiger partial charge < -0.3 is 10.2 Å². The average Bonchev–Trinajstić information content (AvgIpc) is 2.24. The number of carboxylic acid groups (broad SMARTS) is 1. The molecule has 0 saturated carbocycles. The summed E-state index contributed by atoms with van der Waals surface area (Å²) in [4.78, 5) is 12.5. The highest BCUT2D eigenvalue weighted by Crippen LogP contribution is 2.11. The van der Waals surface area contributed by atoms with Crippen LogP contribution in [0.25, 0.3) is 6.08 Å². The third-order valence-electron chi connectivity index (χ3n) is 2.48. The number of benzene rings is 1. The number of carboxylic acids is 1. The van der Waals surface area contributed by atoms with Crippen molar-refractivity contribution in [2.24, 2.45) is 0 Å². The molecule has 0 saturated heterocycles. The first kappa shape index (κ1) is 15.4. The van der Waals surface area contributed by atoms with Crippen molar-refractivity contribution >= 4 is 12.0 Å². The highest BCUT2D eigenvalue weighted by atomic mass is 16.4. The third-order valence-corrected chi connectivity index (χ3v) is 2.48. The molecule has 4 nitrogen and oxygen atoms in total. The summed E-state index contributed by atoms with van der Waals surface area (Å²) in [6.07, 6.45) is 2.70. The summed E-state index contributed by atoms with van der Waals surface area (Å²) in [6.45, 7) is 4.83. The fourth-order valence-electron chi connectivity index (χ4n) is 1.99. The van der Waals surface area contributed by atoms with Crippen LogP contribution in [0, 0.1) is 0 Å². The first-order valence-corrected chi connectivity index (χ1v) is 6.17. The van der Waals surface area contributed by atoms with Gasteiger partial charge in [0.25, 0.3) is 0 Å². The lowest BCUT2D eigenvalue weighted by Crippen LogP contribution is -2.35. The Bertz CT molecular complexity index is 461. The maximum Gasteiger partial charge on any atom is 0.328 e. The Morgan fingerprint density at radius 3 is 2.68 bits per heavy atom. The molecule has 0 aliphatic heterocycles. The molecular formula is C15H21NO3. The summed E-state index contributed by atoms with van der Waals surface area (Å²) in [5, 5.41) is 18.3.